The summed E-state index contributed by atoms with van der Waals surface area (Å²) >= 11 is 0. The largest absolute Gasteiger partial charge is 0.477 e. The highest BCUT2D eigenvalue weighted by molar-refractivity contribution is 5.85. The summed E-state index contributed by atoms with van der Waals surface area (Å²) < 4.78 is 0. The van der Waals surface area contributed by atoms with Crippen LogP contribution in [0.15, 0.2) is 42.5 Å². The maximum absolute atomic E-state index is 10.9. The first-order chi connectivity index (χ1) is 10.2. The minimum absolute atomic E-state index is 0.0733. The van der Waals surface area contributed by atoms with E-state index >= 15 is 0 Å². The van der Waals surface area contributed by atoms with Crippen molar-refractivity contribution in [1.82, 2.24) is 4.98 Å². The van der Waals surface area contributed by atoms with Crippen molar-refractivity contribution < 1.29 is 9.90 Å². The van der Waals surface area contributed by atoms with Crippen molar-refractivity contribution in [3.63, 3.8) is 0 Å². The molecule has 1 aromatic carbocycles. The predicted octanol–water partition coefficient (Wildman–Crippen LogP) is 3.73. The maximum Gasteiger partial charge on any atom is 0.354 e. The van der Waals surface area contributed by atoms with Crippen LogP contribution in [-0.2, 0) is 13.0 Å². The molecule has 0 bridgehead atoms. The lowest BCUT2D eigenvalue weighted by molar-refractivity contribution is 0.0690. The van der Waals surface area contributed by atoms with Gasteiger partial charge in [0.05, 0.1) is 12.2 Å². The number of hydrogen-bond acceptors (Lipinski definition) is 3. The molecule has 21 heavy (non-hydrogen) atoms. The molecule has 4 heteroatoms. The van der Waals surface area contributed by atoms with E-state index in [2.05, 4.69) is 29.4 Å². The molecule has 1 aromatic heterocycles. The number of aromatic nitrogens is 1. The van der Waals surface area contributed by atoms with Gasteiger partial charge in [0.1, 0.15) is 5.69 Å². The molecule has 2 N–H and O–H groups in total. The van der Waals surface area contributed by atoms with Gasteiger partial charge in [0.2, 0.25) is 0 Å². The molecule has 0 radical (unpaired) electrons. The van der Waals surface area contributed by atoms with Crippen LogP contribution in [0.25, 0.3) is 0 Å². The Bertz CT molecular complexity index is 594. The molecule has 2 aromatic rings. The monoisotopic (exact) mass is 284 g/mol. The molecule has 0 saturated carbocycles. The molecule has 4 nitrogen and oxygen atoms in total. The molecular weight excluding hydrogens is 264 g/mol. The van der Waals surface area contributed by atoms with Gasteiger partial charge in [-0.1, -0.05) is 31.5 Å². The number of carbonyl (C=O) groups is 1. The zero-order valence-electron chi connectivity index (χ0n) is 12.2. The fourth-order valence-electron chi connectivity index (χ4n) is 2.06. The summed E-state index contributed by atoms with van der Waals surface area (Å²) in [6.07, 6.45) is 3.52. The first-order valence-corrected chi connectivity index (χ1v) is 7.21. The third kappa shape index (κ3) is 4.60. The molecule has 0 spiro atoms. The van der Waals surface area contributed by atoms with Crippen molar-refractivity contribution in [1.29, 1.82) is 0 Å². The summed E-state index contributed by atoms with van der Waals surface area (Å²) in [6.45, 7) is 2.70. The van der Waals surface area contributed by atoms with Crippen molar-refractivity contribution in [3.8, 4) is 0 Å². The first-order valence-electron chi connectivity index (χ1n) is 7.21. The lowest BCUT2D eigenvalue weighted by Crippen LogP contribution is -2.06. The number of aromatic carboxylic acids is 1. The number of aryl methyl sites for hydroxylation is 1. The van der Waals surface area contributed by atoms with Crippen LogP contribution in [0.5, 0.6) is 0 Å². The van der Waals surface area contributed by atoms with Crippen LogP contribution in [0.2, 0.25) is 0 Å². The van der Waals surface area contributed by atoms with E-state index in [-0.39, 0.29) is 5.69 Å². The summed E-state index contributed by atoms with van der Waals surface area (Å²) in [4.78, 5) is 15.0. The summed E-state index contributed by atoms with van der Waals surface area (Å²) in [5.74, 6) is -1.00. The Morgan fingerprint density at radius 1 is 1.19 bits per heavy atom. The third-order valence-electron chi connectivity index (χ3n) is 3.27. The van der Waals surface area contributed by atoms with E-state index in [9.17, 15) is 4.79 Å². The summed E-state index contributed by atoms with van der Waals surface area (Å²) in [6, 6.07) is 13.4. The van der Waals surface area contributed by atoms with Gasteiger partial charge < -0.3 is 10.4 Å². The Balaban J connectivity index is 1.93. The van der Waals surface area contributed by atoms with E-state index in [0.29, 0.717) is 12.2 Å². The highest BCUT2D eigenvalue weighted by Gasteiger charge is 2.04. The van der Waals surface area contributed by atoms with Crippen LogP contribution < -0.4 is 5.32 Å². The summed E-state index contributed by atoms with van der Waals surface area (Å²) in [5, 5.41) is 12.2. The fraction of sp³-hybridized carbons (Fsp3) is 0.294. The number of nitrogens with one attached hydrogen (secondary N) is 1. The van der Waals surface area contributed by atoms with Crippen LogP contribution in [0, 0.1) is 0 Å². The van der Waals surface area contributed by atoms with E-state index in [0.717, 1.165) is 12.1 Å². The Labute approximate surface area is 124 Å². The lowest BCUT2D eigenvalue weighted by Gasteiger charge is -2.07. The van der Waals surface area contributed by atoms with E-state index in [1.54, 1.807) is 6.07 Å². The van der Waals surface area contributed by atoms with E-state index in [1.165, 1.54) is 24.5 Å². The Morgan fingerprint density at radius 2 is 1.95 bits per heavy atom. The Hall–Kier alpha value is -2.36. The zero-order chi connectivity index (χ0) is 15.1. The molecular formula is C17H20N2O2. The molecule has 1 heterocycles. The van der Waals surface area contributed by atoms with Gasteiger partial charge in [-0.2, -0.15) is 0 Å². The van der Waals surface area contributed by atoms with Crippen molar-refractivity contribution >= 4 is 11.7 Å². The predicted molar refractivity (Wildman–Crippen MR) is 83.6 cm³/mol. The van der Waals surface area contributed by atoms with Gasteiger partial charge in [-0.3, -0.25) is 0 Å². The number of unbranched alkanes of at least 4 members (excludes halogenated alkanes) is 1. The maximum atomic E-state index is 10.9. The molecule has 0 atom stereocenters. The van der Waals surface area contributed by atoms with E-state index < -0.39 is 5.97 Å². The van der Waals surface area contributed by atoms with E-state index in [4.69, 9.17) is 5.11 Å². The Morgan fingerprint density at radius 3 is 2.62 bits per heavy atom. The highest BCUT2D eigenvalue weighted by Crippen LogP contribution is 2.13. The van der Waals surface area contributed by atoms with Gasteiger partial charge in [-0.15, -0.1) is 0 Å². The topological polar surface area (TPSA) is 62.2 Å². The second kappa shape index (κ2) is 7.43. The van der Waals surface area contributed by atoms with Crippen LogP contribution in [0.3, 0.4) is 0 Å². The second-order valence-electron chi connectivity index (χ2n) is 4.97. The van der Waals surface area contributed by atoms with Crippen LogP contribution in [-0.4, -0.2) is 16.1 Å². The molecule has 0 aliphatic rings. The Kier molecular flexibility index (Phi) is 5.32. The summed E-state index contributed by atoms with van der Waals surface area (Å²) in [7, 11) is 0. The normalized spacial score (nSPS) is 10.3. The van der Waals surface area contributed by atoms with E-state index in [1.807, 2.05) is 18.2 Å². The average Bonchev–Trinajstić information content (AvgIpc) is 2.52. The van der Waals surface area contributed by atoms with Gasteiger partial charge in [0, 0.05) is 5.69 Å². The number of carboxylic acid groups (broad SMARTS) is 1. The number of hydrogen-bond donors (Lipinski definition) is 2. The minimum Gasteiger partial charge on any atom is -0.477 e. The van der Waals surface area contributed by atoms with Gasteiger partial charge in [0.25, 0.3) is 0 Å². The molecule has 0 unspecified atom stereocenters. The number of nitrogens with zero attached hydrogens (tertiary/aromatic N) is 1. The number of anilines is 1. The molecule has 110 valence electrons. The van der Waals surface area contributed by atoms with Crippen LogP contribution in [0.4, 0.5) is 5.69 Å². The molecule has 0 amide bonds. The number of carboxylic acids is 1. The quantitative estimate of drug-likeness (QED) is 0.813. The van der Waals surface area contributed by atoms with Gasteiger partial charge in [0.15, 0.2) is 0 Å². The number of benzene rings is 1. The fourth-order valence-corrected chi connectivity index (χ4v) is 2.06. The van der Waals surface area contributed by atoms with Crippen molar-refractivity contribution in [2.75, 3.05) is 5.32 Å². The molecule has 0 aliphatic heterocycles. The minimum atomic E-state index is -1.00. The summed E-state index contributed by atoms with van der Waals surface area (Å²) in [5.41, 5.74) is 3.14. The van der Waals surface area contributed by atoms with Gasteiger partial charge >= 0.3 is 5.97 Å². The van der Waals surface area contributed by atoms with Crippen molar-refractivity contribution in [2.45, 2.75) is 32.7 Å². The van der Waals surface area contributed by atoms with Crippen LogP contribution in [0.1, 0.15) is 41.5 Å². The van der Waals surface area contributed by atoms with Gasteiger partial charge in [-0.05, 0) is 42.7 Å². The number of rotatable bonds is 7. The van der Waals surface area contributed by atoms with Gasteiger partial charge in [-0.25, -0.2) is 9.78 Å². The van der Waals surface area contributed by atoms with Crippen molar-refractivity contribution in [3.05, 3.63) is 59.4 Å². The zero-order valence-corrected chi connectivity index (χ0v) is 12.2. The lowest BCUT2D eigenvalue weighted by atomic mass is 10.1. The highest BCUT2D eigenvalue weighted by atomic mass is 16.4. The standard InChI is InChI=1S/C17H20N2O2/c1-2-3-5-13-8-10-14(11-9-13)18-12-15-6-4-7-16(19-15)17(20)21/h4,6-11,18H,2-3,5,12H2,1H3,(H,20,21). The first kappa shape index (κ1) is 15.0. The molecule has 0 saturated heterocycles. The average molecular weight is 284 g/mol. The molecule has 0 aliphatic carbocycles. The molecule has 2 rings (SSSR count). The van der Waals surface area contributed by atoms with Crippen molar-refractivity contribution in [2.24, 2.45) is 0 Å². The van der Waals surface area contributed by atoms with Crippen LogP contribution >= 0.6 is 0 Å². The molecule has 0 fully saturated rings. The number of pyridine rings is 1. The second-order valence-corrected chi connectivity index (χ2v) is 4.97. The smallest absolute Gasteiger partial charge is 0.354 e. The third-order valence-corrected chi connectivity index (χ3v) is 3.27. The SMILES string of the molecule is CCCCc1ccc(NCc2cccc(C(=O)O)n2)cc1.